The smallest absolute Gasteiger partial charge is 0.248 e. The number of rotatable bonds is 5. The Labute approximate surface area is 109 Å². The molecule has 1 heterocycles. The summed E-state index contributed by atoms with van der Waals surface area (Å²) in [6.45, 7) is 2.53. The molecule has 0 saturated heterocycles. The van der Waals surface area contributed by atoms with Crippen LogP contribution in [0.5, 0.6) is 0 Å². The van der Waals surface area contributed by atoms with E-state index in [1.165, 1.54) is 18.2 Å². The average molecular weight is 263 g/mol. The zero-order valence-corrected chi connectivity index (χ0v) is 10.4. The number of primary amides is 1. The first-order valence-corrected chi connectivity index (χ1v) is 5.77. The van der Waals surface area contributed by atoms with E-state index in [9.17, 15) is 9.18 Å². The number of halogens is 1. The lowest BCUT2D eigenvalue weighted by atomic mass is 10.1. The summed E-state index contributed by atoms with van der Waals surface area (Å²) >= 11 is 0. The maximum absolute atomic E-state index is 13.5. The van der Waals surface area contributed by atoms with Gasteiger partial charge in [0.2, 0.25) is 5.91 Å². The molecular formula is C13H14FN3O2. The van der Waals surface area contributed by atoms with Crippen molar-refractivity contribution in [2.75, 3.05) is 0 Å². The van der Waals surface area contributed by atoms with Gasteiger partial charge in [-0.3, -0.25) is 4.79 Å². The fourth-order valence-electron chi connectivity index (χ4n) is 1.69. The van der Waals surface area contributed by atoms with Gasteiger partial charge in [-0.25, -0.2) is 4.39 Å². The lowest BCUT2D eigenvalue weighted by molar-refractivity contribution is 0.1000. The van der Waals surface area contributed by atoms with Gasteiger partial charge < -0.3 is 15.6 Å². The van der Waals surface area contributed by atoms with Gasteiger partial charge in [0.1, 0.15) is 11.6 Å². The van der Waals surface area contributed by atoms with Gasteiger partial charge in [-0.05, 0) is 25.1 Å². The molecule has 19 heavy (non-hydrogen) atoms. The number of carbonyl (C=O) groups is 1. The van der Waals surface area contributed by atoms with Gasteiger partial charge in [0, 0.05) is 30.3 Å². The molecular weight excluding hydrogens is 249 g/mol. The predicted molar refractivity (Wildman–Crippen MR) is 66.7 cm³/mol. The molecule has 2 rings (SSSR count). The second-order valence-electron chi connectivity index (χ2n) is 4.20. The van der Waals surface area contributed by atoms with E-state index in [4.69, 9.17) is 10.3 Å². The molecule has 1 aromatic carbocycles. The first-order valence-electron chi connectivity index (χ1n) is 5.77. The summed E-state index contributed by atoms with van der Waals surface area (Å²) in [5.74, 6) is -0.235. The van der Waals surface area contributed by atoms with Crippen molar-refractivity contribution in [1.82, 2.24) is 10.5 Å². The molecule has 0 aliphatic heterocycles. The largest absolute Gasteiger partial charge is 0.366 e. The molecule has 100 valence electrons. The third kappa shape index (κ3) is 3.38. The van der Waals surface area contributed by atoms with Gasteiger partial charge in [-0.2, -0.15) is 0 Å². The molecule has 5 nitrogen and oxygen atoms in total. The van der Waals surface area contributed by atoms with Gasteiger partial charge in [0.05, 0.1) is 5.69 Å². The fourth-order valence-corrected chi connectivity index (χ4v) is 1.69. The van der Waals surface area contributed by atoms with Crippen molar-refractivity contribution in [2.24, 2.45) is 5.73 Å². The molecule has 0 atom stereocenters. The van der Waals surface area contributed by atoms with Gasteiger partial charge in [-0.1, -0.05) is 5.16 Å². The highest BCUT2D eigenvalue weighted by atomic mass is 19.1. The molecule has 0 radical (unpaired) electrons. The van der Waals surface area contributed by atoms with Crippen LogP contribution in [0.15, 0.2) is 28.8 Å². The lowest BCUT2D eigenvalue weighted by Crippen LogP contribution is -2.16. The number of amides is 1. The zero-order chi connectivity index (χ0) is 13.8. The van der Waals surface area contributed by atoms with Gasteiger partial charge in [0.15, 0.2) is 0 Å². The summed E-state index contributed by atoms with van der Waals surface area (Å²) < 4.78 is 18.5. The minimum absolute atomic E-state index is 0.277. The normalized spacial score (nSPS) is 10.6. The van der Waals surface area contributed by atoms with Crippen LogP contribution >= 0.6 is 0 Å². The molecule has 0 saturated carbocycles. The van der Waals surface area contributed by atoms with Crippen molar-refractivity contribution < 1.29 is 13.7 Å². The minimum atomic E-state index is -0.576. The van der Waals surface area contributed by atoms with Crippen molar-refractivity contribution in [3.63, 3.8) is 0 Å². The number of nitrogens with two attached hydrogens (primary N) is 1. The van der Waals surface area contributed by atoms with E-state index in [1.54, 1.807) is 13.0 Å². The van der Waals surface area contributed by atoms with Crippen LogP contribution in [-0.4, -0.2) is 11.1 Å². The maximum atomic E-state index is 13.5. The molecule has 0 aliphatic carbocycles. The van der Waals surface area contributed by atoms with E-state index in [-0.39, 0.29) is 17.9 Å². The summed E-state index contributed by atoms with van der Waals surface area (Å²) in [5, 5.41) is 6.83. The minimum Gasteiger partial charge on any atom is -0.366 e. The third-order valence-electron chi connectivity index (χ3n) is 2.63. The summed E-state index contributed by atoms with van der Waals surface area (Å²) in [6.07, 6.45) is 0. The number of carbonyl (C=O) groups excluding carboxylic acids is 1. The van der Waals surface area contributed by atoms with E-state index in [0.717, 1.165) is 11.5 Å². The number of hydrogen-bond acceptors (Lipinski definition) is 4. The molecule has 0 spiro atoms. The van der Waals surface area contributed by atoms with E-state index in [1.807, 2.05) is 0 Å². The molecule has 3 N–H and O–H groups in total. The molecule has 0 aliphatic rings. The lowest BCUT2D eigenvalue weighted by Gasteiger charge is -2.06. The topological polar surface area (TPSA) is 81.1 Å². The van der Waals surface area contributed by atoms with Crippen LogP contribution in [-0.2, 0) is 13.1 Å². The van der Waals surface area contributed by atoms with Crippen LogP contribution in [0.3, 0.4) is 0 Å². The average Bonchev–Trinajstić information content (AvgIpc) is 2.77. The summed E-state index contributed by atoms with van der Waals surface area (Å²) in [4.78, 5) is 11.0. The number of benzene rings is 1. The molecule has 1 aromatic heterocycles. The highest BCUT2D eigenvalue weighted by Crippen LogP contribution is 2.10. The first kappa shape index (κ1) is 13.2. The van der Waals surface area contributed by atoms with E-state index < -0.39 is 5.91 Å². The Bertz CT molecular complexity index is 595. The molecule has 6 heteroatoms. The van der Waals surface area contributed by atoms with Crippen LogP contribution in [0.4, 0.5) is 4.39 Å². The summed E-state index contributed by atoms with van der Waals surface area (Å²) in [6, 6.07) is 5.83. The second-order valence-corrected chi connectivity index (χ2v) is 4.20. The molecule has 1 amide bonds. The Kier molecular flexibility index (Phi) is 3.91. The molecule has 2 aromatic rings. The van der Waals surface area contributed by atoms with E-state index >= 15 is 0 Å². The third-order valence-corrected chi connectivity index (χ3v) is 2.63. The molecule has 0 bridgehead atoms. The monoisotopic (exact) mass is 263 g/mol. The van der Waals surface area contributed by atoms with Crippen molar-refractivity contribution in [3.8, 4) is 0 Å². The van der Waals surface area contributed by atoms with E-state index in [2.05, 4.69) is 10.5 Å². The first-order chi connectivity index (χ1) is 9.06. The van der Waals surface area contributed by atoms with Crippen LogP contribution in [0, 0.1) is 12.7 Å². The predicted octanol–water partition coefficient (Wildman–Crippen LogP) is 1.51. The van der Waals surface area contributed by atoms with Crippen molar-refractivity contribution in [3.05, 3.63) is 52.7 Å². The van der Waals surface area contributed by atoms with Crippen LogP contribution in [0.2, 0.25) is 0 Å². The SMILES string of the molecule is Cc1cc(CNCc2cc(C(N)=O)ccc2F)no1. The number of hydrogen-bond donors (Lipinski definition) is 2. The molecule has 0 unspecified atom stereocenters. The van der Waals surface area contributed by atoms with Crippen LogP contribution in [0.25, 0.3) is 0 Å². The van der Waals surface area contributed by atoms with Crippen molar-refractivity contribution >= 4 is 5.91 Å². The Balaban J connectivity index is 1.99. The van der Waals surface area contributed by atoms with Crippen molar-refractivity contribution in [1.29, 1.82) is 0 Å². The van der Waals surface area contributed by atoms with Crippen LogP contribution in [0.1, 0.15) is 27.4 Å². The highest BCUT2D eigenvalue weighted by Gasteiger charge is 2.07. The summed E-state index contributed by atoms with van der Waals surface area (Å²) in [5.41, 5.74) is 6.56. The Hall–Kier alpha value is -2.21. The number of nitrogens with one attached hydrogen (secondary N) is 1. The zero-order valence-electron chi connectivity index (χ0n) is 10.4. The Morgan fingerprint density at radius 2 is 2.21 bits per heavy atom. The quantitative estimate of drug-likeness (QED) is 0.856. The number of aryl methyl sites for hydroxylation is 1. The molecule has 0 fully saturated rings. The summed E-state index contributed by atoms with van der Waals surface area (Å²) in [7, 11) is 0. The maximum Gasteiger partial charge on any atom is 0.248 e. The Morgan fingerprint density at radius 3 is 2.84 bits per heavy atom. The number of nitrogens with zero attached hydrogens (tertiary/aromatic N) is 1. The highest BCUT2D eigenvalue weighted by molar-refractivity contribution is 5.92. The van der Waals surface area contributed by atoms with Gasteiger partial charge >= 0.3 is 0 Å². The second kappa shape index (κ2) is 5.62. The van der Waals surface area contributed by atoms with Gasteiger partial charge in [0.25, 0.3) is 0 Å². The van der Waals surface area contributed by atoms with Crippen LogP contribution < -0.4 is 11.1 Å². The van der Waals surface area contributed by atoms with Gasteiger partial charge in [-0.15, -0.1) is 0 Å². The Morgan fingerprint density at radius 1 is 1.42 bits per heavy atom. The van der Waals surface area contributed by atoms with Crippen molar-refractivity contribution in [2.45, 2.75) is 20.0 Å². The number of aromatic nitrogens is 1. The van der Waals surface area contributed by atoms with E-state index in [0.29, 0.717) is 12.1 Å². The fraction of sp³-hybridized carbons (Fsp3) is 0.231. The standard InChI is InChI=1S/C13H14FN3O2/c1-8-4-11(17-19-8)7-16-6-10-5-9(13(15)18)2-3-12(10)14/h2-5,16H,6-7H2,1H3,(H2,15,18).